The number of nitrogens with zero attached hydrogens (tertiary/aromatic N) is 5. The maximum absolute atomic E-state index is 12.5. The Morgan fingerprint density at radius 3 is 2.84 bits per heavy atom. The SMILES string of the molecule is Cn1c(=O)c2sccc2n2c(COC(=O)c3csc(NCc4ccccc4)n3)nnc12. The Hall–Kier alpha value is -3.57. The third-order valence-electron chi connectivity index (χ3n) is 4.73. The maximum Gasteiger partial charge on any atom is 0.358 e. The van der Waals surface area contributed by atoms with Crippen LogP contribution in [0.3, 0.4) is 0 Å². The van der Waals surface area contributed by atoms with E-state index in [-0.39, 0.29) is 17.9 Å². The van der Waals surface area contributed by atoms with Gasteiger partial charge in [-0.25, -0.2) is 9.78 Å². The Kier molecular flexibility index (Phi) is 4.96. The van der Waals surface area contributed by atoms with E-state index >= 15 is 0 Å². The number of nitrogens with one attached hydrogen (secondary N) is 1. The third kappa shape index (κ3) is 3.57. The van der Waals surface area contributed by atoms with Gasteiger partial charge in [-0.05, 0) is 17.0 Å². The molecule has 0 aliphatic heterocycles. The molecule has 4 heterocycles. The fourth-order valence-corrected chi connectivity index (χ4v) is 4.70. The van der Waals surface area contributed by atoms with Crippen LogP contribution in [-0.4, -0.2) is 30.1 Å². The molecule has 0 aliphatic rings. The van der Waals surface area contributed by atoms with Crippen molar-refractivity contribution >= 4 is 49.8 Å². The van der Waals surface area contributed by atoms with Crippen LogP contribution in [0.5, 0.6) is 0 Å². The normalized spacial score (nSPS) is 11.3. The molecular weight excluding hydrogens is 436 g/mol. The van der Waals surface area contributed by atoms with Gasteiger partial charge in [0.15, 0.2) is 23.3 Å². The summed E-state index contributed by atoms with van der Waals surface area (Å²) in [5, 5.41) is 15.5. The number of hydrogen-bond donors (Lipinski definition) is 1. The van der Waals surface area contributed by atoms with Gasteiger partial charge in [-0.2, -0.15) is 0 Å². The van der Waals surface area contributed by atoms with Crippen LogP contribution in [0.4, 0.5) is 5.13 Å². The summed E-state index contributed by atoms with van der Waals surface area (Å²) in [5.41, 5.74) is 1.91. The molecule has 0 radical (unpaired) electrons. The Morgan fingerprint density at radius 2 is 2.00 bits per heavy atom. The predicted octanol–water partition coefficient (Wildman–Crippen LogP) is 3.07. The summed E-state index contributed by atoms with van der Waals surface area (Å²) < 4.78 is 9.18. The van der Waals surface area contributed by atoms with Crippen LogP contribution in [0.15, 0.2) is 52.0 Å². The second-order valence-corrected chi connectivity index (χ2v) is 8.48. The number of thiophene rings is 1. The van der Waals surface area contributed by atoms with Crippen molar-refractivity contribution in [3.8, 4) is 0 Å². The summed E-state index contributed by atoms with van der Waals surface area (Å²) in [4.78, 5) is 29.2. The Bertz CT molecular complexity index is 1450. The molecule has 1 aromatic carbocycles. The molecule has 31 heavy (non-hydrogen) atoms. The van der Waals surface area contributed by atoms with E-state index in [2.05, 4.69) is 20.5 Å². The third-order valence-corrected chi connectivity index (χ3v) is 6.42. The van der Waals surface area contributed by atoms with E-state index in [9.17, 15) is 9.59 Å². The second-order valence-electron chi connectivity index (χ2n) is 6.70. The molecule has 1 N–H and O–H groups in total. The molecule has 0 aliphatic carbocycles. The molecule has 0 amide bonds. The number of carbonyl (C=O) groups is 1. The summed E-state index contributed by atoms with van der Waals surface area (Å²) in [6, 6.07) is 11.8. The molecule has 156 valence electrons. The van der Waals surface area contributed by atoms with Crippen LogP contribution in [-0.2, 0) is 24.9 Å². The minimum atomic E-state index is -0.549. The van der Waals surface area contributed by atoms with Crippen molar-refractivity contribution in [1.82, 2.24) is 24.1 Å². The highest BCUT2D eigenvalue weighted by molar-refractivity contribution is 7.17. The molecule has 4 aromatic heterocycles. The molecule has 0 spiro atoms. The lowest BCUT2D eigenvalue weighted by atomic mass is 10.2. The van der Waals surface area contributed by atoms with E-state index < -0.39 is 5.97 Å². The summed E-state index contributed by atoms with van der Waals surface area (Å²) in [6.45, 7) is 0.525. The minimum absolute atomic E-state index is 0.0898. The lowest BCUT2D eigenvalue weighted by molar-refractivity contribution is 0.0455. The quantitative estimate of drug-likeness (QED) is 0.395. The van der Waals surface area contributed by atoms with Gasteiger partial charge in [0.2, 0.25) is 5.78 Å². The van der Waals surface area contributed by atoms with Gasteiger partial charge in [-0.15, -0.1) is 32.9 Å². The fourth-order valence-electron chi connectivity index (χ4n) is 3.17. The van der Waals surface area contributed by atoms with Crippen LogP contribution >= 0.6 is 22.7 Å². The van der Waals surface area contributed by atoms with Crippen molar-refractivity contribution in [2.24, 2.45) is 7.05 Å². The number of benzene rings is 1. The number of ether oxygens (including phenoxy) is 1. The number of aromatic nitrogens is 5. The average Bonchev–Trinajstić information content (AvgIpc) is 3.54. The topological polar surface area (TPSA) is 103 Å². The fraction of sp³-hybridized carbons (Fsp3) is 0.150. The zero-order valence-electron chi connectivity index (χ0n) is 16.3. The van der Waals surface area contributed by atoms with E-state index in [1.54, 1.807) is 16.8 Å². The van der Waals surface area contributed by atoms with Crippen LogP contribution in [0, 0.1) is 0 Å². The summed E-state index contributed by atoms with van der Waals surface area (Å²) >= 11 is 2.69. The first-order valence-corrected chi connectivity index (χ1v) is 11.1. The Labute approximate surface area is 183 Å². The average molecular weight is 453 g/mol. The predicted molar refractivity (Wildman–Crippen MR) is 119 cm³/mol. The molecule has 0 saturated carbocycles. The van der Waals surface area contributed by atoms with Crippen LogP contribution in [0.25, 0.3) is 16.0 Å². The van der Waals surface area contributed by atoms with Gasteiger partial charge >= 0.3 is 5.97 Å². The molecule has 5 aromatic rings. The van der Waals surface area contributed by atoms with E-state index in [0.29, 0.717) is 33.5 Å². The van der Waals surface area contributed by atoms with Gasteiger partial charge in [-0.3, -0.25) is 13.8 Å². The zero-order chi connectivity index (χ0) is 21.4. The number of anilines is 1. The number of carbonyl (C=O) groups excluding carboxylic acids is 1. The second kappa shape index (κ2) is 7.93. The van der Waals surface area contributed by atoms with Crippen molar-refractivity contribution < 1.29 is 9.53 Å². The summed E-state index contributed by atoms with van der Waals surface area (Å²) in [6.07, 6.45) is 0. The first-order chi connectivity index (χ1) is 15.1. The van der Waals surface area contributed by atoms with Gasteiger partial charge in [0, 0.05) is 19.0 Å². The molecule has 0 atom stereocenters. The molecule has 9 nitrogen and oxygen atoms in total. The van der Waals surface area contributed by atoms with Crippen molar-refractivity contribution in [3.63, 3.8) is 0 Å². The number of thiazole rings is 1. The van der Waals surface area contributed by atoms with Gasteiger partial charge in [0.25, 0.3) is 5.56 Å². The largest absolute Gasteiger partial charge is 0.453 e. The molecule has 0 saturated heterocycles. The highest BCUT2D eigenvalue weighted by atomic mass is 32.1. The highest BCUT2D eigenvalue weighted by Gasteiger charge is 2.18. The molecule has 0 unspecified atom stereocenters. The molecule has 0 bridgehead atoms. The van der Waals surface area contributed by atoms with Crippen molar-refractivity contribution in [2.75, 3.05) is 5.32 Å². The van der Waals surface area contributed by atoms with Gasteiger partial charge in [0.1, 0.15) is 4.70 Å². The number of fused-ring (bicyclic) bond motifs is 3. The highest BCUT2D eigenvalue weighted by Crippen LogP contribution is 2.20. The lowest BCUT2D eigenvalue weighted by Crippen LogP contribution is -2.19. The molecule has 0 fully saturated rings. The maximum atomic E-state index is 12.5. The van der Waals surface area contributed by atoms with Gasteiger partial charge < -0.3 is 10.1 Å². The Balaban J connectivity index is 1.31. The minimum Gasteiger partial charge on any atom is -0.453 e. The smallest absolute Gasteiger partial charge is 0.358 e. The first-order valence-electron chi connectivity index (χ1n) is 9.32. The van der Waals surface area contributed by atoms with Crippen molar-refractivity contribution in [1.29, 1.82) is 0 Å². The monoisotopic (exact) mass is 452 g/mol. The van der Waals surface area contributed by atoms with Crippen LogP contribution in [0.2, 0.25) is 0 Å². The molecule has 11 heteroatoms. The lowest BCUT2D eigenvalue weighted by Gasteiger charge is -2.05. The van der Waals surface area contributed by atoms with Crippen LogP contribution < -0.4 is 10.9 Å². The standard InChI is InChI=1S/C20H16N6O3S2/c1-25-17(27)16-14(7-8-30-16)26-15(23-24-20(25)26)10-29-18(28)13-11-31-19(22-13)21-9-12-5-3-2-4-6-12/h2-8,11H,9-10H2,1H3,(H,21,22). The van der Waals surface area contributed by atoms with Crippen molar-refractivity contribution in [3.05, 3.63) is 74.6 Å². The number of hydrogen-bond acceptors (Lipinski definition) is 9. The summed E-state index contributed by atoms with van der Waals surface area (Å²) in [5.74, 6) is 0.273. The van der Waals surface area contributed by atoms with E-state index in [0.717, 1.165) is 5.56 Å². The van der Waals surface area contributed by atoms with Gasteiger partial charge in [0.05, 0.1) is 5.52 Å². The summed E-state index contributed by atoms with van der Waals surface area (Å²) in [7, 11) is 1.64. The van der Waals surface area contributed by atoms with Crippen LogP contribution in [0.1, 0.15) is 21.9 Å². The number of aryl methyl sites for hydroxylation is 1. The van der Waals surface area contributed by atoms with Gasteiger partial charge in [-0.1, -0.05) is 30.3 Å². The Morgan fingerprint density at radius 1 is 1.16 bits per heavy atom. The van der Waals surface area contributed by atoms with E-state index in [1.165, 1.54) is 27.2 Å². The number of esters is 1. The molecule has 5 rings (SSSR count). The van der Waals surface area contributed by atoms with E-state index in [4.69, 9.17) is 4.74 Å². The van der Waals surface area contributed by atoms with E-state index in [1.807, 2.05) is 41.8 Å². The first kappa shape index (κ1) is 19.4. The number of rotatable bonds is 6. The van der Waals surface area contributed by atoms with Crippen molar-refractivity contribution in [2.45, 2.75) is 13.2 Å². The molecular formula is C20H16N6O3S2. The zero-order valence-corrected chi connectivity index (χ0v) is 17.9.